The molecule has 3 nitrogen and oxygen atoms in total. The van der Waals surface area contributed by atoms with E-state index in [4.69, 9.17) is 4.84 Å². The third-order valence-electron chi connectivity index (χ3n) is 6.68. The van der Waals surface area contributed by atoms with Gasteiger partial charge in [0.25, 0.3) is 0 Å². The highest BCUT2D eigenvalue weighted by Gasteiger charge is 2.37. The lowest BCUT2D eigenvalue weighted by atomic mass is 9.81. The van der Waals surface area contributed by atoms with E-state index in [1.807, 2.05) is 26.0 Å². The molecule has 156 valence electrons. The zero-order valence-electron chi connectivity index (χ0n) is 18.7. The number of hydrogen-bond donors (Lipinski definition) is 2. The minimum Gasteiger partial charge on any atom is -0.387 e. The predicted octanol–water partition coefficient (Wildman–Crippen LogP) is 6.55. The summed E-state index contributed by atoms with van der Waals surface area (Å²) in [5, 5.41) is 10.3. The van der Waals surface area contributed by atoms with Crippen LogP contribution in [0, 0.1) is 0 Å². The van der Waals surface area contributed by atoms with Gasteiger partial charge in [0.05, 0.1) is 11.3 Å². The summed E-state index contributed by atoms with van der Waals surface area (Å²) in [5.41, 5.74) is 9.85. The summed E-state index contributed by atoms with van der Waals surface area (Å²) < 4.78 is 0. The summed E-state index contributed by atoms with van der Waals surface area (Å²) in [4.78, 5) is 5.82. The van der Waals surface area contributed by atoms with Crippen molar-refractivity contribution in [2.75, 3.05) is 5.48 Å². The van der Waals surface area contributed by atoms with Crippen LogP contribution in [0.25, 0.3) is 22.3 Å². The van der Waals surface area contributed by atoms with E-state index in [0.717, 1.165) is 11.3 Å². The predicted molar refractivity (Wildman–Crippen MR) is 125 cm³/mol. The van der Waals surface area contributed by atoms with E-state index in [9.17, 15) is 5.11 Å². The van der Waals surface area contributed by atoms with E-state index in [1.165, 1.54) is 27.8 Å². The molecule has 0 radical (unpaired) electrons. The fourth-order valence-corrected chi connectivity index (χ4v) is 3.96. The lowest BCUT2D eigenvalue weighted by Gasteiger charge is -2.36. The van der Waals surface area contributed by atoms with Gasteiger partial charge in [-0.15, -0.1) is 0 Å². The molecule has 0 amide bonds. The van der Waals surface area contributed by atoms with Gasteiger partial charge >= 0.3 is 0 Å². The summed E-state index contributed by atoms with van der Waals surface area (Å²) in [6.45, 7) is 11.8. The van der Waals surface area contributed by atoms with E-state index >= 15 is 0 Å². The maximum atomic E-state index is 10.3. The van der Waals surface area contributed by atoms with Gasteiger partial charge in [-0.25, -0.2) is 0 Å². The normalized spacial score (nSPS) is 14.9. The van der Waals surface area contributed by atoms with E-state index in [0.29, 0.717) is 0 Å². The van der Waals surface area contributed by atoms with Crippen molar-refractivity contribution >= 4 is 5.69 Å². The second kappa shape index (κ2) is 6.97. The van der Waals surface area contributed by atoms with Crippen molar-refractivity contribution in [2.24, 2.45) is 0 Å². The Morgan fingerprint density at radius 2 is 1.43 bits per heavy atom. The molecule has 3 heteroatoms. The number of fused-ring (bicyclic) bond motifs is 3. The first-order valence-corrected chi connectivity index (χ1v) is 10.5. The molecule has 1 aliphatic rings. The van der Waals surface area contributed by atoms with Gasteiger partial charge in [0.15, 0.2) is 0 Å². The number of aliphatic hydroxyl groups is 1. The zero-order valence-corrected chi connectivity index (χ0v) is 18.7. The van der Waals surface area contributed by atoms with Crippen LogP contribution in [0.1, 0.15) is 52.7 Å². The van der Waals surface area contributed by atoms with Crippen LogP contribution < -0.4 is 5.48 Å². The fraction of sp³-hybridized carbons (Fsp3) is 0.333. The Morgan fingerprint density at radius 1 is 0.767 bits per heavy atom. The van der Waals surface area contributed by atoms with Crippen molar-refractivity contribution in [1.29, 1.82) is 0 Å². The minimum atomic E-state index is -0.974. The van der Waals surface area contributed by atoms with Crippen LogP contribution >= 0.6 is 0 Å². The number of anilines is 1. The van der Waals surface area contributed by atoms with Gasteiger partial charge in [-0.1, -0.05) is 62.4 Å². The van der Waals surface area contributed by atoms with Crippen LogP contribution in [0.15, 0.2) is 66.7 Å². The first-order chi connectivity index (χ1) is 14.0. The van der Waals surface area contributed by atoms with Crippen LogP contribution in [-0.2, 0) is 10.3 Å². The van der Waals surface area contributed by atoms with Gasteiger partial charge in [-0.2, -0.15) is 0 Å². The maximum absolute atomic E-state index is 10.3. The molecule has 0 unspecified atom stereocenters. The Balaban J connectivity index is 1.64. The van der Waals surface area contributed by atoms with Gasteiger partial charge in [0.1, 0.15) is 5.60 Å². The quantitative estimate of drug-likeness (QED) is 0.476. The lowest BCUT2D eigenvalue weighted by Crippen LogP contribution is -2.48. The zero-order chi connectivity index (χ0) is 21.7. The molecule has 30 heavy (non-hydrogen) atoms. The maximum Gasteiger partial charge on any atom is 0.118 e. The van der Waals surface area contributed by atoms with Crippen LogP contribution in [0.4, 0.5) is 5.69 Å². The Kier molecular flexibility index (Phi) is 4.80. The molecule has 1 aliphatic carbocycles. The first kappa shape index (κ1) is 20.6. The van der Waals surface area contributed by atoms with Crippen LogP contribution in [0.5, 0.6) is 0 Å². The Labute approximate surface area is 179 Å². The van der Waals surface area contributed by atoms with Crippen LogP contribution in [-0.4, -0.2) is 16.3 Å². The van der Waals surface area contributed by atoms with Crippen molar-refractivity contribution in [3.63, 3.8) is 0 Å². The van der Waals surface area contributed by atoms with Gasteiger partial charge in [0.2, 0.25) is 0 Å². The Bertz CT molecular complexity index is 1090. The van der Waals surface area contributed by atoms with Gasteiger partial charge in [-0.05, 0) is 79.3 Å². The molecule has 0 aliphatic heterocycles. The summed E-state index contributed by atoms with van der Waals surface area (Å²) in [7, 11) is 0. The molecule has 0 fully saturated rings. The Hall–Kier alpha value is -2.62. The standard InChI is InChI=1S/C27H31NO2/c1-25(2)23-13-8-7-12-21(23)22-15-14-19(17-24(22)25)18-10-9-11-20(16-18)28-30-27(5,6)26(3,4)29/h7-17,28-29H,1-6H3. The highest BCUT2D eigenvalue weighted by Crippen LogP contribution is 2.49. The van der Waals surface area contributed by atoms with E-state index in [1.54, 1.807) is 13.8 Å². The van der Waals surface area contributed by atoms with Gasteiger partial charge in [-0.3, -0.25) is 10.3 Å². The molecule has 4 rings (SSSR count). The summed E-state index contributed by atoms with van der Waals surface area (Å²) in [5.74, 6) is 0. The Morgan fingerprint density at radius 3 is 2.17 bits per heavy atom. The van der Waals surface area contributed by atoms with Gasteiger partial charge in [0, 0.05) is 5.41 Å². The topological polar surface area (TPSA) is 41.5 Å². The molecule has 2 N–H and O–H groups in total. The number of hydrogen-bond acceptors (Lipinski definition) is 3. The highest BCUT2D eigenvalue weighted by atomic mass is 16.7. The number of benzene rings is 3. The number of nitrogens with one attached hydrogen (secondary N) is 1. The highest BCUT2D eigenvalue weighted by molar-refractivity contribution is 5.83. The monoisotopic (exact) mass is 401 g/mol. The smallest absolute Gasteiger partial charge is 0.118 e. The van der Waals surface area contributed by atoms with Crippen molar-refractivity contribution in [3.05, 3.63) is 77.9 Å². The van der Waals surface area contributed by atoms with Crippen LogP contribution in [0.2, 0.25) is 0 Å². The molecule has 0 saturated heterocycles. The SMILES string of the molecule is CC1(C)c2ccccc2-c2ccc(-c3cccc(NOC(C)(C)C(C)(C)O)c3)cc21. The van der Waals surface area contributed by atoms with Crippen molar-refractivity contribution < 1.29 is 9.94 Å². The molecule has 0 saturated carbocycles. The molecular weight excluding hydrogens is 370 g/mol. The van der Waals surface area contributed by atoms with E-state index in [-0.39, 0.29) is 5.41 Å². The minimum absolute atomic E-state index is 0.0162. The summed E-state index contributed by atoms with van der Waals surface area (Å²) in [6.07, 6.45) is 0. The molecule has 0 atom stereocenters. The largest absolute Gasteiger partial charge is 0.387 e. The average molecular weight is 402 g/mol. The third kappa shape index (κ3) is 3.42. The van der Waals surface area contributed by atoms with Crippen LogP contribution in [0.3, 0.4) is 0 Å². The molecule has 0 bridgehead atoms. The molecule has 0 heterocycles. The molecular formula is C27H31NO2. The second-order valence-corrected chi connectivity index (χ2v) is 9.79. The van der Waals surface area contributed by atoms with Crippen molar-refractivity contribution in [2.45, 2.75) is 58.2 Å². The van der Waals surface area contributed by atoms with Gasteiger partial charge < -0.3 is 5.11 Å². The van der Waals surface area contributed by atoms with Crippen molar-refractivity contribution in [3.8, 4) is 22.3 Å². The van der Waals surface area contributed by atoms with E-state index < -0.39 is 11.2 Å². The molecule has 3 aromatic carbocycles. The summed E-state index contributed by atoms with van der Waals surface area (Å²) >= 11 is 0. The number of rotatable bonds is 5. The average Bonchev–Trinajstić information content (AvgIpc) is 2.93. The third-order valence-corrected chi connectivity index (χ3v) is 6.68. The molecule has 0 spiro atoms. The fourth-order valence-electron chi connectivity index (χ4n) is 3.96. The summed E-state index contributed by atoms with van der Waals surface area (Å²) in [6, 6.07) is 23.6. The van der Waals surface area contributed by atoms with Crippen molar-refractivity contribution in [1.82, 2.24) is 0 Å². The lowest BCUT2D eigenvalue weighted by molar-refractivity contribution is -0.130. The second-order valence-electron chi connectivity index (χ2n) is 9.79. The molecule has 0 aromatic heterocycles. The molecule has 3 aromatic rings. The first-order valence-electron chi connectivity index (χ1n) is 10.5. The van der Waals surface area contributed by atoms with E-state index in [2.05, 4.69) is 73.9 Å².